The zero-order valence-corrected chi connectivity index (χ0v) is 9.56. The van der Waals surface area contributed by atoms with Gasteiger partial charge in [0.15, 0.2) is 5.75 Å². The van der Waals surface area contributed by atoms with E-state index in [4.69, 9.17) is 9.47 Å². The van der Waals surface area contributed by atoms with Crippen molar-refractivity contribution in [3.05, 3.63) is 12.4 Å². The van der Waals surface area contributed by atoms with Crippen LogP contribution < -0.4 is 10.1 Å². The molecular formula is C10H19N3O2. The third kappa shape index (κ3) is 4.80. The van der Waals surface area contributed by atoms with Crippen molar-refractivity contribution in [3.8, 4) is 5.75 Å². The first kappa shape index (κ1) is 12.0. The first-order valence-corrected chi connectivity index (χ1v) is 5.07. The highest BCUT2D eigenvalue weighted by atomic mass is 16.5. The predicted molar refractivity (Wildman–Crippen MR) is 58.0 cm³/mol. The Hall–Kier alpha value is -1.07. The fourth-order valence-corrected chi connectivity index (χ4v) is 1.21. The molecule has 15 heavy (non-hydrogen) atoms. The Kier molecular flexibility index (Phi) is 5.14. The normalized spacial score (nSPS) is 12.7. The van der Waals surface area contributed by atoms with Gasteiger partial charge in [0.25, 0.3) is 0 Å². The molecule has 0 fully saturated rings. The van der Waals surface area contributed by atoms with Crippen LogP contribution in [0, 0.1) is 0 Å². The maximum absolute atomic E-state index is 5.63. The molecular weight excluding hydrogens is 194 g/mol. The molecule has 0 radical (unpaired) electrons. The van der Waals surface area contributed by atoms with Gasteiger partial charge in [0.05, 0.1) is 19.0 Å². The third-order valence-corrected chi connectivity index (χ3v) is 1.93. The Balaban J connectivity index is 2.15. The summed E-state index contributed by atoms with van der Waals surface area (Å²) in [6.45, 7) is 4.39. The van der Waals surface area contributed by atoms with Gasteiger partial charge in [-0.15, -0.1) is 0 Å². The van der Waals surface area contributed by atoms with E-state index in [0.29, 0.717) is 0 Å². The summed E-state index contributed by atoms with van der Waals surface area (Å²) in [7, 11) is 3.56. The lowest BCUT2D eigenvalue weighted by molar-refractivity contribution is 0.184. The van der Waals surface area contributed by atoms with E-state index in [1.54, 1.807) is 18.0 Å². The second-order valence-corrected chi connectivity index (χ2v) is 3.48. The SMILES string of the molecule is COCCNCC(C)Oc1cnn(C)c1. The van der Waals surface area contributed by atoms with Crippen molar-refractivity contribution in [3.63, 3.8) is 0 Å². The van der Waals surface area contributed by atoms with Crippen LogP contribution in [0.2, 0.25) is 0 Å². The molecule has 5 heteroatoms. The number of hydrogen-bond donors (Lipinski definition) is 1. The highest BCUT2D eigenvalue weighted by Crippen LogP contribution is 2.08. The summed E-state index contributed by atoms with van der Waals surface area (Å²) >= 11 is 0. The van der Waals surface area contributed by atoms with E-state index in [1.165, 1.54) is 0 Å². The van der Waals surface area contributed by atoms with E-state index in [0.717, 1.165) is 25.4 Å². The summed E-state index contributed by atoms with van der Waals surface area (Å²) in [6, 6.07) is 0. The van der Waals surface area contributed by atoms with Crippen molar-refractivity contribution in [1.29, 1.82) is 0 Å². The van der Waals surface area contributed by atoms with E-state index in [1.807, 2.05) is 20.2 Å². The molecule has 0 aliphatic carbocycles. The molecule has 0 saturated heterocycles. The lowest BCUT2D eigenvalue weighted by Gasteiger charge is -2.13. The topological polar surface area (TPSA) is 48.3 Å². The molecule has 1 rings (SSSR count). The van der Waals surface area contributed by atoms with Crippen LogP contribution in [0.25, 0.3) is 0 Å². The van der Waals surface area contributed by atoms with Crippen LogP contribution in [-0.2, 0) is 11.8 Å². The van der Waals surface area contributed by atoms with Gasteiger partial charge in [-0.05, 0) is 6.92 Å². The van der Waals surface area contributed by atoms with Crippen LogP contribution in [0.3, 0.4) is 0 Å². The van der Waals surface area contributed by atoms with Crippen LogP contribution in [0.5, 0.6) is 5.75 Å². The molecule has 86 valence electrons. The second-order valence-electron chi connectivity index (χ2n) is 3.48. The molecule has 1 N–H and O–H groups in total. The van der Waals surface area contributed by atoms with Crippen molar-refractivity contribution in [2.24, 2.45) is 7.05 Å². The van der Waals surface area contributed by atoms with Gasteiger partial charge in [-0.1, -0.05) is 0 Å². The molecule has 1 heterocycles. The van der Waals surface area contributed by atoms with E-state index in [2.05, 4.69) is 10.4 Å². The van der Waals surface area contributed by atoms with Gasteiger partial charge in [0.2, 0.25) is 0 Å². The standard InChI is InChI=1S/C10H19N3O2/c1-9(6-11-4-5-14-3)15-10-7-12-13(2)8-10/h7-9,11H,4-6H2,1-3H3. The van der Waals surface area contributed by atoms with Crippen molar-refractivity contribution in [2.75, 3.05) is 26.8 Å². The van der Waals surface area contributed by atoms with Gasteiger partial charge >= 0.3 is 0 Å². The highest BCUT2D eigenvalue weighted by molar-refractivity contribution is 5.11. The maximum Gasteiger partial charge on any atom is 0.157 e. The monoisotopic (exact) mass is 213 g/mol. The average Bonchev–Trinajstić information content (AvgIpc) is 2.59. The molecule has 0 aliphatic heterocycles. The molecule has 0 amide bonds. The summed E-state index contributed by atoms with van der Waals surface area (Å²) in [5, 5.41) is 7.27. The van der Waals surface area contributed by atoms with Crippen molar-refractivity contribution in [1.82, 2.24) is 15.1 Å². The Morgan fingerprint density at radius 1 is 1.60 bits per heavy atom. The van der Waals surface area contributed by atoms with Crippen LogP contribution in [0.4, 0.5) is 0 Å². The molecule has 1 aromatic rings. The molecule has 0 aliphatic rings. The van der Waals surface area contributed by atoms with Gasteiger partial charge in [0, 0.05) is 27.2 Å². The summed E-state index contributed by atoms with van der Waals surface area (Å²) < 4.78 is 12.3. The Labute approximate surface area is 90.4 Å². The molecule has 0 saturated carbocycles. The first-order chi connectivity index (χ1) is 7.22. The van der Waals surface area contributed by atoms with Crippen LogP contribution >= 0.6 is 0 Å². The summed E-state index contributed by atoms with van der Waals surface area (Å²) in [5.74, 6) is 0.804. The van der Waals surface area contributed by atoms with E-state index >= 15 is 0 Å². The lowest BCUT2D eigenvalue weighted by atomic mass is 10.4. The smallest absolute Gasteiger partial charge is 0.157 e. The van der Waals surface area contributed by atoms with E-state index in [9.17, 15) is 0 Å². The fourth-order valence-electron chi connectivity index (χ4n) is 1.21. The summed E-state index contributed by atoms with van der Waals surface area (Å²) in [6.07, 6.45) is 3.70. The average molecular weight is 213 g/mol. The van der Waals surface area contributed by atoms with Crippen LogP contribution in [0.15, 0.2) is 12.4 Å². The van der Waals surface area contributed by atoms with E-state index < -0.39 is 0 Å². The number of methoxy groups -OCH3 is 1. The fraction of sp³-hybridized carbons (Fsp3) is 0.700. The van der Waals surface area contributed by atoms with Crippen molar-refractivity contribution >= 4 is 0 Å². The molecule has 0 aromatic carbocycles. The molecule has 5 nitrogen and oxygen atoms in total. The summed E-state index contributed by atoms with van der Waals surface area (Å²) in [4.78, 5) is 0. The third-order valence-electron chi connectivity index (χ3n) is 1.93. The number of ether oxygens (including phenoxy) is 2. The van der Waals surface area contributed by atoms with Gasteiger partial charge in [0.1, 0.15) is 6.10 Å². The van der Waals surface area contributed by atoms with Gasteiger partial charge in [-0.2, -0.15) is 5.10 Å². The van der Waals surface area contributed by atoms with E-state index in [-0.39, 0.29) is 6.10 Å². The maximum atomic E-state index is 5.63. The number of rotatable bonds is 7. The zero-order valence-electron chi connectivity index (χ0n) is 9.56. The van der Waals surface area contributed by atoms with Gasteiger partial charge in [-0.25, -0.2) is 0 Å². The number of nitrogens with one attached hydrogen (secondary N) is 1. The Morgan fingerprint density at radius 2 is 2.40 bits per heavy atom. The lowest BCUT2D eigenvalue weighted by Crippen LogP contribution is -2.31. The van der Waals surface area contributed by atoms with Gasteiger partial charge in [-0.3, -0.25) is 4.68 Å². The predicted octanol–water partition coefficient (Wildman–Crippen LogP) is 0.423. The first-order valence-electron chi connectivity index (χ1n) is 5.07. The Morgan fingerprint density at radius 3 is 3.00 bits per heavy atom. The quantitative estimate of drug-likeness (QED) is 0.667. The molecule has 0 bridgehead atoms. The summed E-state index contributed by atoms with van der Waals surface area (Å²) in [5.41, 5.74) is 0. The minimum Gasteiger partial charge on any atom is -0.486 e. The molecule has 1 unspecified atom stereocenters. The van der Waals surface area contributed by atoms with Crippen LogP contribution in [-0.4, -0.2) is 42.7 Å². The minimum atomic E-state index is 0.131. The van der Waals surface area contributed by atoms with Gasteiger partial charge < -0.3 is 14.8 Å². The second kappa shape index (κ2) is 6.42. The largest absolute Gasteiger partial charge is 0.486 e. The highest BCUT2D eigenvalue weighted by Gasteiger charge is 2.04. The number of hydrogen-bond acceptors (Lipinski definition) is 4. The van der Waals surface area contributed by atoms with Crippen LogP contribution in [0.1, 0.15) is 6.92 Å². The zero-order chi connectivity index (χ0) is 11.1. The number of aromatic nitrogens is 2. The molecule has 1 atom stereocenters. The minimum absolute atomic E-state index is 0.131. The Bertz CT molecular complexity index is 275. The molecule has 0 spiro atoms. The van der Waals surface area contributed by atoms with Crippen molar-refractivity contribution < 1.29 is 9.47 Å². The molecule has 1 aromatic heterocycles. The van der Waals surface area contributed by atoms with Crippen molar-refractivity contribution in [2.45, 2.75) is 13.0 Å². The number of nitrogens with zero attached hydrogens (tertiary/aromatic N) is 2. The number of aryl methyl sites for hydroxylation is 1.